The van der Waals surface area contributed by atoms with Gasteiger partial charge in [0.25, 0.3) is 5.56 Å². The highest BCUT2D eigenvalue weighted by Crippen LogP contribution is 2.39. The van der Waals surface area contributed by atoms with Crippen LogP contribution < -0.4 is 15.2 Å². The van der Waals surface area contributed by atoms with Gasteiger partial charge in [-0.2, -0.15) is 0 Å². The van der Waals surface area contributed by atoms with E-state index in [4.69, 9.17) is 11.2 Å². The number of fused-ring (bicyclic) bond motifs is 1. The second-order valence-corrected chi connectivity index (χ2v) is 7.56. The van der Waals surface area contributed by atoms with E-state index in [2.05, 4.69) is 5.92 Å². The van der Waals surface area contributed by atoms with Crippen LogP contribution in [0.15, 0.2) is 71.7 Å². The molecule has 0 aliphatic heterocycles. The van der Waals surface area contributed by atoms with Gasteiger partial charge < -0.3 is 14.2 Å². The van der Waals surface area contributed by atoms with Gasteiger partial charge in [-0.1, -0.05) is 18.2 Å². The number of rotatable bonds is 5. The summed E-state index contributed by atoms with van der Waals surface area (Å²) in [6.45, 7) is 2.11. The Hall–Kier alpha value is -4.44. The van der Waals surface area contributed by atoms with E-state index >= 15 is 0 Å². The Morgan fingerprint density at radius 3 is 2.41 bits per heavy atom. The van der Waals surface area contributed by atoms with Gasteiger partial charge >= 0.3 is 5.91 Å². The van der Waals surface area contributed by atoms with Crippen LogP contribution in [0.3, 0.4) is 0 Å². The summed E-state index contributed by atoms with van der Waals surface area (Å²) in [5, 5.41) is 1.14. The van der Waals surface area contributed by atoms with Crippen LogP contribution in [0, 0.1) is 24.0 Å². The minimum absolute atomic E-state index is 0.170. The first-order valence-corrected chi connectivity index (χ1v) is 10.5. The topological polar surface area (TPSA) is 51.5 Å². The van der Waals surface area contributed by atoms with Crippen molar-refractivity contribution in [3.8, 4) is 35.0 Å². The molecule has 0 fully saturated rings. The van der Waals surface area contributed by atoms with Gasteiger partial charge in [0.15, 0.2) is 11.6 Å². The Bertz CT molecular complexity index is 1520. The fourth-order valence-electron chi connectivity index (χ4n) is 3.81. The van der Waals surface area contributed by atoms with Gasteiger partial charge in [-0.15, -0.1) is 6.42 Å². The normalized spacial score (nSPS) is 10.7. The average molecular weight is 458 g/mol. The monoisotopic (exact) mass is 458 g/mol. The summed E-state index contributed by atoms with van der Waals surface area (Å²) < 4.78 is 35.1. The summed E-state index contributed by atoms with van der Waals surface area (Å²) in [5.41, 5.74) is 1.45. The van der Waals surface area contributed by atoms with Crippen LogP contribution >= 0.6 is 0 Å². The second-order valence-electron chi connectivity index (χ2n) is 7.56. The van der Waals surface area contributed by atoms with Crippen LogP contribution in [0.4, 0.5) is 14.5 Å². The maximum absolute atomic E-state index is 14.4. The van der Waals surface area contributed by atoms with Gasteiger partial charge in [0.05, 0.1) is 0 Å². The molecule has 0 unspecified atom stereocenters. The highest BCUT2D eigenvalue weighted by Gasteiger charge is 2.19. The summed E-state index contributed by atoms with van der Waals surface area (Å²) in [6, 6.07) is 15.0. The van der Waals surface area contributed by atoms with E-state index < -0.39 is 17.5 Å². The lowest BCUT2D eigenvalue weighted by atomic mass is 9.99. The number of benzene rings is 3. The van der Waals surface area contributed by atoms with Crippen LogP contribution in [0.2, 0.25) is 0 Å². The summed E-state index contributed by atoms with van der Waals surface area (Å²) in [7, 11) is 1.63. The molecule has 0 atom stereocenters. The first-order valence-electron chi connectivity index (χ1n) is 10.5. The molecule has 170 valence electrons. The van der Waals surface area contributed by atoms with Crippen molar-refractivity contribution < 1.29 is 18.3 Å². The average Bonchev–Trinajstić information content (AvgIpc) is 2.84. The molecular weight excluding hydrogens is 438 g/mol. The van der Waals surface area contributed by atoms with Crippen LogP contribution in [0.25, 0.3) is 21.9 Å². The summed E-state index contributed by atoms with van der Waals surface area (Å²) in [4.78, 5) is 26.4. The third-order valence-corrected chi connectivity index (χ3v) is 5.45. The predicted molar refractivity (Wildman–Crippen MR) is 128 cm³/mol. The van der Waals surface area contributed by atoms with Crippen LogP contribution in [0.1, 0.15) is 6.92 Å². The first kappa shape index (κ1) is 22.7. The van der Waals surface area contributed by atoms with Crippen molar-refractivity contribution in [2.75, 3.05) is 11.4 Å². The molecule has 0 saturated heterocycles. The number of pyridine rings is 1. The number of amides is 1. The number of carbonyl (C=O) groups excluding carboxylic acids is 1. The summed E-state index contributed by atoms with van der Waals surface area (Å²) in [6.07, 6.45) is 6.98. The number of carbonyl (C=O) groups is 1. The van der Waals surface area contributed by atoms with Crippen molar-refractivity contribution in [2.24, 2.45) is 7.05 Å². The molecule has 0 N–H and O–H groups in total. The van der Waals surface area contributed by atoms with Crippen molar-refractivity contribution in [3.05, 3.63) is 88.8 Å². The van der Waals surface area contributed by atoms with Crippen LogP contribution in [-0.4, -0.2) is 17.0 Å². The number of terminal acetylenes is 1. The second kappa shape index (κ2) is 9.20. The van der Waals surface area contributed by atoms with Crippen molar-refractivity contribution in [1.82, 2.24) is 4.57 Å². The number of anilines is 1. The van der Waals surface area contributed by atoms with E-state index in [9.17, 15) is 18.4 Å². The molecule has 1 amide bonds. The smallest absolute Gasteiger partial charge is 0.302 e. The minimum atomic E-state index is -0.863. The van der Waals surface area contributed by atoms with Gasteiger partial charge in [0.2, 0.25) is 0 Å². The van der Waals surface area contributed by atoms with Gasteiger partial charge in [-0.05, 0) is 54.6 Å². The molecule has 4 aromatic rings. The Kier molecular flexibility index (Phi) is 6.15. The summed E-state index contributed by atoms with van der Waals surface area (Å²) in [5.74, 6) is 0.0889. The molecule has 5 nitrogen and oxygen atoms in total. The zero-order valence-corrected chi connectivity index (χ0v) is 18.5. The van der Waals surface area contributed by atoms with Gasteiger partial charge in [-0.25, -0.2) is 8.78 Å². The van der Waals surface area contributed by atoms with Gasteiger partial charge in [-0.3, -0.25) is 9.59 Å². The zero-order valence-electron chi connectivity index (χ0n) is 18.5. The van der Waals surface area contributed by atoms with E-state index in [-0.39, 0.29) is 17.1 Å². The largest absolute Gasteiger partial charge is 0.454 e. The molecule has 1 aromatic heterocycles. The predicted octanol–water partition coefficient (Wildman–Crippen LogP) is 5.26. The third kappa shape index (κ3) is 4.14. The van der Waals surface area contributed by atoms with Gasteiger partial charge in [0.1, 0.15) is 11.6 Å². The van der Waals surface area contributed by atoms with Crippen LogP contribution in [-0.2, 0) is 11.8 Å². The lowest BCUT2D eigenvalue weighted by Gasteiger charge is -2.21. The SMILES string of the molecule is C#CC(=O)N(CC)c1ccc(Oc2ccc(F)cc2F)c(-c2cn(C)c(=O)c3ccccc23)c1. The fourth-order valence-corrected chi connectivity index (χ4v) is 3.81. The molecule has 1 heterocycles. The highest BCUT2D eigenvalue weighted by atomic mass is 19.1. The number of ether oxygens (including phenoxy) is 1. The molecule has 0 aliphatic carbocycles. The standard InChI is InChI=1S/C27H20F2N2O3/c1-4-26(32)31(5-2)18-11-13-24(34-25-12-10-17(28)14-23(25)29)21(15-18)22-16-30(3)27(33)20-9-7-6-8-19(20)22/h1,6-16H,5H2,2-3H3. The number of halogens is 2. The van der Waals surface area contributed by atoms with Crippen molar-refractivity contribution in [2.45, 2.75) is 6.92 Å². The molecule has 0 spiro atoms. The Labute approximate surface area is 194 Å². The number of aromatic nitrogens is 1. The lowest BCUT2D eigenvalue weighted by molar-refractivity contribution is -0.113. The molecular formula is C27H20F2N2O3. The van der Waals surface area contributed by atoms with E-state index in [1.165, 1.54) is 15.5 Å². The maximum Gasteiger partial charge on any atom is 0.302 e. The third-order valence-electron chi connectivity index (χ3n) is 5.45. The molecule has 0 bridgehead atoms. The van der Waals surface area contributed by atoms with Crippen LogP contribution in [0.5, 0.6) is 11.5 Å². The summed E-state index contributed by atoms with van der Waals surface area (Å²) >= 11 is 0. The highest BCUT2D eigenvalue weighted by molar-refractivity contribution is 6.06. The molecule has 0 saturated carbocycles. The van der Waals surface area contributed by atoms with E-state index in [0.29, 0.717) is 34.1 Å². The number of aryl methyl sites for hydroxylation is 1. The van der Waals surface area contributed by atoms with Crippen molar-refractivity contribution in [3.63, 3.8) is 0 Å². The van der Waals surface area contributed by atoms with Crippen molar-refractivity contribution in [1.29, 1.82) is 0 Å². The Morgan fingerprint density at radius 2 is 1.74 bits per heavy atom. The fraction of sp³-hybridized carbons (Fsp3) is 0.111. The molecule has 4 rings (SSSR count). The molecule has 7 heteroatoms. The van der Waals surface area contributed by atoms with Gasteiger partial charge in [0, 0.05) is 48.1 Å². The van der Waals surface area contributed by atoms with E-state index in [1.54, 1.807) is 62.6 Å². The number of hydrogen-bond donors (Lipinski definition) is 0. The number of nitrogens with zero attached hydrogens (tertiary/aromatic N) is 2. The zero-order chi connectivity index (χ0) is 24.4. The van der Waals surface area contributed by atoms with E-state index in [0.717, 1.165) is 12.1 Å². The van der Waals surface area contributed by atoms with Crippen molar-refractivity contribution >= 4 is 22.4 Å². The number of hydrogen-bond acceptors (Lipinski definition) is 3. The van der Waals surface area contributed by atoms with E-state index in [1.807, 2.05) is 0 Å². The first-order chi connectivity index (χ1) is 16.3. The maximum atomic E-state index is 14.4. The Morgan fingerprint density at radius 1 is 1.03 bits per heavy atom. The Balaban J connectivity index is 1.99. The lowest BCUT2D eigenvalue weighted by Crippen LogP contribution is -2.29. The molecule has 0 radical (unpaired) electrons. The molecule has 34 heavy (non-hydrogen) atoms. The molecule has 3 aromatic carbocycles. The minimum Gasteiger partial charge on any atom is -0.454 e. The quantitative estimate of drug-likeness (QED) is 0.383. The molecule has 0 aliphatic rings.